The Morgan fingerprint density at radius 1 is 1.58 bits per heavy atom. The Morgan fingerprint density at radius 3 is 2.89 bits per heavy atom. The molecule has 0 radical (unpaired) electrons. The molecule has 0 saturated carbocycles. The highest BCUT2D eigenvalue weighted by atomic mass is 16.6. The average molecular weight is 265 g/mol. The summed E-state index contributed by atoms with van der Waals surface area (Å²) >= 11 is 0. The van der Waals surface area contributed by atoms with E-state index in [1.807, 2.05) is 6.07 Å². The van der Waals surface area contributed by atoms with Gasteiger partial charge in [-0.2, -0.15) is 5.26 Å². The Balaban J connectivity index is 2.99. The monoisotopic (exact) mass is 265 g/mol. The molecule has 8 nitrogen and oxygen atoms in total. The molecule has 1 aromatic heterocycles. The first-order valence-electron chi connectivity index (χ1n) is 5.61. The van der Waals surface area contributed by atoms with E-state index < -0.39 is 4.92 Å². The molecule has 0 aliphatic carbocycles. The van der Waals surface area contributed by atoms with Crippen LogP contribution in [-0.4, -0.2) is 36.7 Å². The molecule has 102 valence electrons. The van der Waals surface area contributed by atoms with E-state index in [2.05, 4.69) is 4.98 Å². The van der Waals surface area contributed by atoms with Gasteiger partial charge in [0.05, 0.1) is 36.2 Å². The van der Waals surface area contributed by atoms with Crippen molar-refractivity contribution < 1.29 is 9.66 Å². The number of ether oxygens (including phenoxy) is 1. The number of hydrogen-bond acceptors (Lipinski definition) is 7. The van der Waals surface area contributed by atoms with Crippen molar-refractivity contribution in [3.05, 3.63) is 22.2 Å². The molecular formula is C11H15N5O3. The van der Waals surface area contributed by atoms with Gasteiger partial charge >= 0.3 is 0 Å². The van der Waals surface area contributed by atoms with Crippen LogP contribution in [0.1, 0.15) is 6.42 Å². The fourth-order valence-electron chi connectivity index (χ4n) is 1.52. The highest BCUT2D eigenvalue weighted by Crippen LogP contribution is 2.21. The number of aromatic nitrogens is 1. The van der Waals surface area contributed by atoms with Crippen LogP contribution in [0.2, 0.25) is 0 Å². The lowest BCUT2D eigenvalue weighted by Gasteiger charge is -2.22. The summed E-state index contributed by atoms with van der Waals surface area (Å²) in [5, 5.41) is 19.4. The first-order chi connectivity index (χ1) is 9.08. The van der Waals surface area contributed by atoms with Crippen molar-refractivity contribution in [2.75, 3.05) is 37.4 Å². The molecule has 0 amide bonds. The molecule has 0 bridgehead atoms. The zero-order chi connectivity index (χ0) is 14.3. The van der Waals surface area contributed by atoms with Crippen molar-refractivity contribution in [1.82, 2.24) is 4.98 Å². The first-order valence-corrected chi connectivity index (χ1v) is 5.61. The summed E-state index contributed by atoms with van der Waals surface area (Å²) in [5.41, 5.74) is 5.43. The summed E-state index contributed by atoms with van der Waals surface area (Å²) in [6, 6.07) is 4.55. The number of anilines is 2. The topological polar surface area (TPSA) is 118 Å². The van der Waals surface area contributed by atoms with E-state index in [9.17, 15) is 10.1 Å². The van der Waals surface area contributed by atoms with E-state index in [4.69, 9.17) is 15.7 Å². The summed E-state index contributed by atoms with van der Waals surface area (Å²) in [6.45, 7) is 1.31. The second kappa shape index (κ2) is 7.13. The number of rotatable bonds is 7. The number of nitrogens with zero attached hydrogens (tertiary/aromatic N) is 4. The van der Waals surface area contributed by atoms with Crippen LogP contribution in [0.4, 0.5) is 17.3 Å². The largest absolute Gasteiger partial charge is 0.383 e. The van der Waals surface area contributed by atoms with E-state index in [-0.39, 0.29) is 17.9 Å². The van der Waals surface area contributed by atoms with Crippen molar-refractivity contribution in [1.29, 1.82) is 5.26 Å². The number of hydrogen-bond donors (Lipinski definition) is 1. The summed E-state index contributed by atoms with van der Waals surface area (Å²) < 4.78 is 4.96. The van der Waals surface area contributed by atoms with Crippen molar-refractivity contribution in [3.63, 3.8) is 0 Å². The van der Waals surface area contributed by atoms with E-state index in [1.165, 1.54) is 12.1 Å². The van der Waals surface area contributed by atoms with Crippen LogP contribution in [0.25, 0.3) is 0 Å². The van der Waals surface area contributed by atoms with Crippen molar-refractivity contribution >= 4 is 17.3 Å². The lowest BCUT2D eigenvalue weighted by Crippen LogP contribution is -2.29. The maximum absolute atomic E-state index is 10.8. The predicted molar refractivity (Wildman–Crippen MR) is 69.6 cm³/mol. The van der Waals surface area contributed by atoms with Gasteiger partial charge in [-0.25, -0.2) is 4.98 Å². The Hall–Kier alpha value is -2.40. The highest BCUT2D eigenvalue weighted by Gasteiger charge is 2.14. The SMILES string of the molecule is COCCN(CCC#N)c1cc([N+](=O)[O-])cc(N)n1. The van der Waals surface area contributed by atoms with Gasteiger partial charge in [-0.05, 0) is 0 Å². The van der Waals surface area contributed by atoms with Crippen LogP contribution in [0.5, 0.6) is 0 Å². The Morgan fingerprint density at radius 2 is 2.32 bits per heavy atom. The highest BCUT2D eigenvalue weighted by molar-refractivity contribution is 5.54. The Bertz CT molecular complexity index is 486. The van der Waals surface area contributed by atoms with E-state index >= 15 is 0 Å². The smallest absolute Gasteiger partial charge is 0.276 e. The Kier molecular flexibility index (Phi) is 5.50. The molecule has 0 atom stereocenters. The maximum Gasteiger partial charge on any atom is 0.276 e. The lowest BCUT2D eigenvalue weighted by atomic mass is 10.3. The molecule has 8 heteroatoms. The summed E-state index contributed by atoms with van der Waals surface area (Å²) in [4.78, 5) is 16.0. The van der Waals surface area contributed by atoms with Crippen molar-refractivity contribution in [2.24, 2.45) is 0 Å². The molecule has 1 aromatic rings. The number of nitrogens with two attached hydrogens (primary N) is 1. The Labute approximate surface area is 110 Å². The minimum Gasteiger partial charge on any atom is -0.383 e. The molecule has 0 aliphatic heterocycles. The van der Waals surface area contributed by atoms with Crippen molar-refractivity contribution in [3.8, 4) is 6.07 Å². The molecule has 0 unspecified atom stereocenters. The fraction of sp³-hybridized carbons (Fsp3) is 0.455. The molecule has 1 heterocycles. The standard InChI is InChI=1S/C11H15N5O3/c1-19-6-5-15(4-2-3-12)11-8-9(16(17)18)7-10(13)14-11/h7-8H,2,4-6H2,1H3,(H2,13,14). The number of nitriles is 1. The number of methoxy groups -OCH3 is 1. The molecule has 1 rings (SSSR count). The second-order valence-corrected chi connectivity index (χ2v) is 3.75. The van der Waals surface area contributed by atoms with Gasteiger partial charge in [-0.3, -0.25) is 10.1 Å². The number of nitro groups is 1. The predicted octanol–water partition coefficient (Wildman–Crippen LogP) is 0.938. The lowest BCUT2D eigenvalue weighted by molar-refractivity contribution is -0.384. The van der Waals surface area contributed by atoms with Crippen LogP contribution in [-0.2, 0) is 4.74 Å². The molecule has 19 heavy (non-hydrogen) atoms. The van der Waals surface area contributed by atoms with Crippen molar-refractivity contribution in [2.45, 2.75) is 6.42 Å². The minimum atomic E-state index is -0.527. The van der Waals surface area contributed by atoms with Crippen LogP contribution in [0.15, 0.2) is 12.1 Å². The summed E-state index contributed by atoms with van der Waals surface area (Å²) in [7, 11) is 1.55. The van der Waals surface area contributed by atoms with Gasteiger partial charge in [0.15, 0.2) is 0 Å². The third kappa shape index (κ3) is 4.40. The van der Waals surface area contributed by atoms with Gasteiger partial charge in [0.2, 0.25) is 0 Å². The minimum absolute atomic E-state index is 0.0728. The van der Waals surface area contributed by atoms with E-state index in [1.54, 1.807) is 12.0 Å². The molecule has 0 aliphatic rings. The van der Waals surface area contributed by atoms with Crippen LogP contribution in [0, 0.1) is 21.4 Å². The van der Waals surface area contributed by atoms with Crippen LogP contribution in [0.3, 0.4) is 0 Å². The van der Waals surface area contributed by atoms with Gasteiger partial charge in [0, 0.05) is 20.2 Å². The van der Waals surface area contributed by atoms with E-state index in [0.29, 0.717) is 25.5 Å². The maximum atomic E-state index is 10.8. The van der Waals surface area contributed by atoms with Gasteiger partial charge in [0.25, 0.3) is 5.69 Å². The van der Waals surface area contributed by atoms with Gasteiger partial charge in [-0.15, -0.1) is 0 Å². The molecule has 0 fully saturated rings. The van der Waals surface area contributed by atoms with Crippen LogP contribution >= 0.6 is 0 Å². The zero-order valence-corrected chi connectivity index (χ0v) is 10.6. The summed E-state index contributed by atoms with van der Waals surface area (Å²) in [5.74, 6) is 0.447. The number of pyridine rings is 1. The zero-order valence-electron chi connectivity index (χ0n) is 10.6. The number of nitrogen functional groups attached to an aromatic ring is 1. The molecular weight excluding hydrogens is 250 g/mol. The fourth-order valence-corrected chi connectivity index (χ4v) is 1.52. The van der Waals surface area contributed by atoms with Gasteiger partial charge in [0.1, 0.15) is 11.6 Å². The van der Waals surface area contributed by atoms with Crippen LogP contribution < -0.4 is 10.6 Å². The normalized spacial score (nSPS) is 9.89. The third-order valence-electron chi connectivity index (χ3n) is 2.41. The van der Waals surface area contributed by atoms with Gasteiger partial charge in [-0.1, -0.05) is 0 Å². The second-order valence-electron chi connectivity index (χ2n) is 3.75. The molecule has 2 N–H and O–H groups in total. The quantitative estimate of drug-likeness (QED) is 0.575. The van der Waals surface area contributed by atoms with E-state index in [0.717, 1.165) is 0 Å². The third-order valence-corrected chi connectivity index (χ3v) is 2.41. The molecule has 0 aromatic carbocycles. The average Bonchev–Trinajstić information content (AvgIpc) is 2.38. The van der Waals surface area contributed by atoms with Gasteiger partial charge < -0.3 is 15.4 Å². The first kappa shape index (κ1) is 14.7. The molecule has 0 saturated heterocycles. The summed E-state index contributed by atoms with van der Waals surface area (Å²) in [6.07, 6.45) is 0.286. The molecule has 0 spiro atoms.